The molecule has 0 bridgehead atoms. The standard InChI is InChI=1S/C9H15N4O4P/c14-3-6-1-7(2-8(6)17-18(15)16)13-9-11-4-10-5-12-9/h4-8,14,18H,1-3H2,(H,15,16)(H,10,11,12,13)/t6-,7-,8?/m1/s1. The average molecular weight is 274 g/mol. The highest BCUT2D eigenvalue weighted by Crippen LogP contribution is 2.35. The first-order chi connectivity index (χ1) is 8.69. The van der Waals surface area contributed by atoms with E-state index in [1.54, 1.807) is 0 Å². The van der Waals surface area contributed by atoms with Crippen LogP contribution in [0.1, 0.15) is 12.8 Å². The first-order valence-corrected chi connectivity index (χ1v) is 6.84. The summed E-state index contributed by atoms with van der Waals surface area (Å²) in [5.41, 5.74) is 0. The minimum Gasteiger partial charge on any atom is -0.396 e. The third kappa shape index (κ3) is 3.46. The lowest BCUT2D eigenvalue weighted by Gasteiger charge is -2.14. The van der Waals surface area contributed by atoms with Crippen LogP contribution in [0.4, 0.5) is 5.95 Å². The number of nitrogens with zero attached hydrogens (tertiary/aromatic N) is 3. The number of hydrogen-bond acceptors (Lipinski definition) is 7. The number of hydrogen-bond donors (Lipinski definition) is 3. The first-order valence-electron chi connectivity index (χ1n) is 5.58. The molecule has 1 aromatic heterocycles. The quantitative estimate of drug-likeness (QED) is 0.633. The molecule has 9 heteroatoms. The summed E-state index contributed by atoms with van der Waals surface area (Å²) in [6.45, 7) is -0.0742. The number of aromatic nitrogens is 3. The Balaban J connectivity index is 1.94. The second-order valence-electron chi connectivity index (χ2n) is 4.14. The minimum absolute atomic E-state index is 0.0101. The number of rotatable bonds is 5. The molecule has 1 saturated carbocycles. The van der Waals surface area contributed by atoms with Crippen LogP contribution < -0.4 is 5.32 Å². The molecule has 0 saturated heterocycles. The number of anilines is 1. The Hall–Kier alpha value is -1.08. The fraction of sp³-hybridized carbons (Fsp3) is 0.667. The SMILES string of the molecule is O=[PH](O)OC1C[C@H](Nc2ncncn2)C[C@@H]1CO. The van der Waals surface area contributed by atoms with Crippen molar-refractivity contribution < 1.29 is 19.1 Å². The summed E-state index contributed by atoms with van der Waals surface area (Å²) < 4.78 is 15.6. The molecule has 3 N–H and O–H groups in total. The van der Waals surface area contributed by atoms with E-state index in [1.165, 1.54) is 12.7 Å². The molecule has 1 heterocycles. The lowest BCUT2D eigenvalue weighted by Crippen LogP contribution is -2.19. The topological polar surface area (TPSA) is 117 Å². The van der Waals surface area contributed by atoms with Crippen molar-refractivity contribution >= 4 is 14.2 Å². The first kappa shape index (κ1) is 13.4. The van der Waals surface area contributed by atoms with Gasteiger partial charge in [-0.1, -0.05) is 0 Å². The van der Waals surface area contributed by atoms with Gasteiger partial charge < -0.3 is 19.8 Å². The van der Waals surface area contributed by atoms with Gasteiger partial charge in [-0.05, 0) is 12.8 Å². The van der Waals surface area contributed by atoms with Crippen molar-refractivity contribution in [2.24, 2.45) is 5.92 Å². The maximum absolute atomic E-state index is 10.7. The van der Waals surface area contributed by atoms with Gasteiger partial charge in [0.2, 0.25) is 5.95 Å². The molecule has 1 aliphatic carbocycles. The van der Waals surface area contributed by atoms with Crippen molar-refractivity contribution in [2.45, 2.75) is 25.0 Å². The van der Waals surface area contributed by atoms with Crippen molar-refractivity contribution in [2.75, 3.05) is 11.9 Å². The average Bonchev–Trinajstić information content (AvgIpc) is 2.71. The van der Waals surface area contributed by atoms with Crippen LogP contribution in [-0.4, -0.2) is 43.7 Å². The second-order valence-corrected chi connectivity index (χ2v) is 4.91. The van der Waals surface area contributed by atoms with Crippen LogP contribution in [0.25, 0.3) is 0 Å². The second kappa shape index (κ2) is 6.19. The molecule has 1 aliphatic rings. The zero-order valence-electron chi connectivity index (χ0n) is 9.56. The van der Waals surface area contributed by atoms with Crippen LogP contribution in [0.15, 0.2) is 12.7 Å². The van der Waals surface area contributed by atoms with E-state index in [0.29, 0.717) is 18.8 Å². The molecule has 0 radical (unpaired) electrons. The Kier molecular flexibility index (Phi) is 4.60. The van der Waals surface area contributed by atoms with E-state index in [2.05, 4.69) is 20.3 Å². The largest absolute Gasteiger partial charge is 0.396 e. The van der Waals surface area contributed by atoms with Gasteiger partial charge in [0.15, 0.2) is 0 Å². The molecule has 100 valence electrons. The van der Waals surface area contributed by atoms with Gasteiger partial charge in [-0.3, -0.25) is 4.57 Å². The predicted octanol–water partition coefficient (Wildman–Crippen LogP) is -0.178. The van der Waals surface area contributed by atoms with Crippen LogP contribution in [0, 0.1) is 5.92 Å². The summed E-state index contributed by atoms with van der Waals surface area (Å²) in [7, 11) is -2.99. The fourth-order valence-corrected chi connectivity index (χ4v) is 2.71. The van der Waals surface area contributed by atoms with Gasteiger partial charge in [0.25, 0.3) is 0 Å². The smallest absolute Gasteiger partial charge is 0.316 e. The van der Waals surface area contributed by atoms with E-state index in [9.17, 15) is 9.67 Å². The zero-order valence-corrected chi connectivity index (χ0v) is 10.6. The molecule has 4 atom stereocenters. The van der Waals surface area contributed by atoms with Gasteiger partial charge in [-0.25, -0.2) is 15.0 Å². The molecule has 0 aliphatic heterocycles. The Labute approximate surface area is 104 Å². The summed E-state index contributed by atoms with van der Waals surface area (Å²) in [4.78, 5) is 20.4. The van der Waals surface area contributed by atoms with Crippen LogP contribution in [0.3, 0.4) is 0 Å². The summed E-state index contributed by atoms with van der Waals surface area (Å²) in [5, 5.41) is 12.3. The monoisotopic (exact) mass is 274 g/mol. The molecule has 2 unspecified atom stereocenters. The van der Waals surface area contributed by atoms with Gasteiger partial charge in [0, 0.05) is 18.6 Å². The van der Waals surface area contributed by atoms with E-state index in [0.717, 1.165) is 0 Å². The maximum Gasteiger partial charge on any atom is 0.316 e. The third-order valence-electron chi connectivity index (χ3n) is 2.94. The summed E-state index contributed by atoms with van der Waals surface area (Å²) in [6.07, 6.45) is 3.53. The summed E-state index contributed by atoms with van der Waals surface area (Å²) >= 11 is 0. The molecular formula is C9H15N4O4P. The maximum atomic E-state index is 10.7. The van der Waals surface area contributed by atoms with Gasteiger partial charge in [0.05, 0.1) is 6.10 Å². The molecule has 18 heavy (non-hydrogen) atoms. The molecule has 2 rings (SSSR count). The van der Waals surface area contributed by atoms with Crippen LogP contribution >= 0.6 is 8.25 Å². The lowest BCUT2D eigenvalue weighted by molar-refractivity contribution is 0.106. The Morgan fingerprint density at radius 2 is 2.17 bits per heavy atom. The van der Waals surface area contributed by atoms with Gasteiger partial charge in [-0.15, -0.1) is 0 Å². The molecule has 1 aromatic rings. The van der Waals surface area contributed by atoms with Crippen molar-refractivity contribution in [1.29, 1.82) is 0 Å². The van der Waals surface area contributed by atoms with E-state index < -0.39 is 14.4 Å². The van der Waals surface area contributed by atoms with Crippen LogP contribution in [-0.2, 0) is 9.09 Å². The summed E-state index contributed by atoms with van der Waals surface area (Å²) in [5.74, 6) is 0.300. The zero-order chi connectivity index (χ0) is 13.0. The van der Waals surface area contributed by atoms with E-state index in [4.69, 9.17) is 9.42 Å². The summed E-state index contributed by atoms with van der Waals surface area (Å²) in [6, 6.07) is 0.0101. The van der Waals surface area contributed by atoms with Crippen molar-refractivity contribution in [3.8, 4) is 0 Å². The molecule has 8 nitrogen and oxygen atoms in total. The highest BCUT2D eigenvalue weighted by molar-refractivity contribution is 7.32. The minimum atomic E-state index is -2.99. The normalized spacial score (nSPS) is 29.1. The van der Waals surface area contributed by atoms with Crippen molar-refractivity contribution in [3.63, 3.8) is 0 Å². The molecule has 1 fully saturated rings. The van der Waals surface area contributed by atoms with Gasteiger partial charge in [0.1, 0.15) is 12.7 Å². The van der Waals surface area contributed by atoms with Crippen molar-refractivity contribution in [1.82, 2.24) is 15.0 Å². The molecule has 0 aromatic carbocycles. The Morgan fingerprint density at radius 1 is 1.44 bits per heavy atom. The van der Waals surface area contributed by atoms with Crippen LogP contribution in [0.2, 0.25) is 0 Å². The number of aliphatic hydroxyl groups excluding tert-OH is 1. The van der Waals surface area contributed by atoms with Gasteiger partial charge in [-0.2, -0.15) is 0 Å². The highest BCUT2D eigenvalue weighted by Gasteiger charge is 2.35. The van der Waals surface area contributed by atoms with E-state index in [1.807, 2.05) is 0 Å². The number of nitrogens with one attached hydrogen (secondary N) is 1. The predicted molar refractivity (Wildman–Crippen MR) is 63.1 cm³/mol. The van der Waals surface area contributed by atoms with E-state index >= 15 is 0 Å². The Morgan fingerprint density at radius 3 is 2.78 bits per heavy atom. The van der Waals surface area contributed by atoms with E-state index in [-0.39, 0.29) is 18.6 Å². The fourth-order valence-electron chi connectivity index (χ4n) is 2.17. The molecule has 0 amide bonds. The van der Waals surface area contributed by atoms with Crippen molar-refractivity contribution in [3.05, 3.63) is 12.7 Å². The third-order valence-corrected chi connectivity index (χ3v) is 3.45. The van der Waals surface area contributed by atoms with Gasteiger partial charge >= 0.3 is 8.25 Å². The Bertz CT molecular complexity index is 407. The molecular weight excluding hydrogens is 259 g/mol. The van der Waals surface area contributed by atoms with Crippen LogP contribution in [0.5, 0.6) is 0 Å². The number of aliphatic hydroxyl groups is 1. The lowest BCUT2D eigenvalue weighted by atomic mass is 10.1. The highest BCUT2D eigenvalue weighted by atomic mass is 31.1. The molecule has 0 spiro atoms.